The highest BCUT2D eigenvalue weighted by molar-refractivity contribution is 9.10. The minimum Gasteiger partial charge on any atom is -0.356 e. The number of aromatic nitrogens is 1. The predicted molar refractivity (Wildman–Crippen MR) is 62.5 cm³/mol. The molecule has 0 saturated carbocycles. The zero-order valence-corrected chi connectivity index (χ0v) is 8.36. The van der Waals surface area contributed by atoms with Crippen molar-refractivity contribution in [3.05, 3.63) is 22.7 Å². The van der Waals surface area contributed by atoms with Crippen LogP contribution in [0.15, 0.2) is 22.7 Å². The zero-order valence-electron chi connectivity index (χ0n) is 21.8. The van der Waals surface area contributed by atoms with E-state index in [0.29, 0.717) is 0 Å². The summed E-state index contributed by atoms with van der Waals surface area (Å²) in [7, 11) is 0. The van der Waals surface area contributed by atoms with Crippen molar-refractivity contribution in [2.24, 2.45) is 5.89 Å². The molecule has 2 nitrogen and oxygen atoms in total. The topological polar surface area (TPSA) is 16.1 Å². The first-order chi connectivity index (χ1) is 12.6. The molecule has 1 aromatic heterocycles. The van der Waals surface area contributed by atoms with Crippen molar-refractivity contribution < 1.29 is 20.6 Å². The average Bonchev–Trinajstić information content (AvgIpc) is 2.53. The lowest BCUT2D eigenvalue weighted by Gasteiger charge is -2.31. The van der Waals surface area contributed by atoms with Crippen LogP contribution < -0.4 is 4.90 Å². The Labute approximate surface area is 115 Å². The first-order valence-electron chi connectivity index (χ1n) is 11.1. The van der Waals surface area contributed by atoms with Crippen molar-refractivity contribution in [2.75, 3.05) is 17.9 Å². The van der Waals surface area contributed by atoms with E-state index >= 15 is 0 Å². The molecule has 0 aromatic carbocycles. The van der Waals surface area contributed by atoms with Gasteiger partial charge in [0, 0.05) is 29.4 Å². The molecule has 0 aliphatic carbocycles. The second-order valence-electron chi connectivity index (χ2n) is 2.29. The van der Waals surface area contributed by atoms with Gasteiger partial charge in [-0.3, -0.25) is 0 Å². The highest BCUT2D eigenvalue weighted by Gasteiger charge is 2.17. The lowest BCUT2D eigenvalue weighted by Crippen LogP contribution is -2.34. The van der Waals surface area contributed by atoms with Crippen molar-refractivity contribution in [3.8, 4) is 0 Å². The van der Waals surface area contributed by atoms with Crippen LogP contribution in [0.5, 0.6) is 0 Å². The van der Waals surface area contributed by atoms with E-state index in [2.05, 4.69) is 20.9 Å². The Hall–Kier alpha value is -0.570. The molecule has 2 heterocycles. The Morgan fingerprint density at radius 3 is 3.64 bits per heavy atom. The molecule has 1 fully saturated rings. The summed E-state index contributed by atoms with van der Waals surface area (Å²) in [5.74, 6) is -4.92. The van der Waals surface area contributed by atoms with Gasteiger partial charge in [0.2, 0.25) is 0 Å². The van der Waals surface area contributed by atoms with Gasteiger partial charge in [0.25, 0.3) is 0 Å². The van der Waals surface area contributed by atoms with E-state index in [0.717, 1.165) is 0 Å². The molecule has 1 unspecified atom stereocenters. The number of anilines is 1. The summed E-state index contributed by atoms with van der Waals surface area (Å²) in [6.45, 7) is -11.2. The highest BCUT2D eigenvalue weighted by atomic mass is 79.9. The number of rotatable bonds is 1. The van der Waals surface area contributed by atoms with Crippen molar-refractivity contribution >= 4 is 21.7 Å². The van der Waals surface area contributed by atoms with Gasteiger partial charge in [-0.25, -0.2) is 4.98 Å². The second-order valence-corrected chi connectivity index (χ2v) is 3.04. The van der Waals surface area contributed by atoms with Crippen LogP contribution in [0.2, 0.25) is 0 Å². The molecule has 1 aliphatic rings. The quantitative estimate of drug-likeness (QED) is 0.729. The fourth-order valence-corrected chi connectivity index (χ4v) is 1.08. The number of hydrogen-bond donors (Lipinski definition) is 0. The first kappa shape index (κ1) is 2.40. The van der Waals surface area contributed by atoms with Gasteiger partial charge >= 0.3 is 0 Å². The Bertz CT molecular complexity index is 850. The van der Waals surface area contributed by atoms with Crippen LogP contribution in [0.25, 0.3) is 0 Å². The third-order valence-electron chi connectivity index (χ3n) is 1.33. The van der Waals surface area contributed by atoms with Crippen LogP contribution in [0.1, 0.15) is 40.2 Å². The van der Waals surface area contributed by atoms with E-state index in [1.54, 1.807) is 0 Å². The van der Waals surface area contributed by atoms with E-state index in [1.807, 2.05) is 0 Å². The van der Waals surface area contributed by atoms with Crippen LogP contribution in [0.4, 0.5) is 5.82 Å². The number of pyridine rings is 1. The minimum absolute atomic E-state index is 0.217. The maximum Gasteiger partial charge on any atom is 0.129 e. The third kappa shape index (κ3) is 2.27. The van der Waals surface area contributed by atoms with Gasteiger partial charge in [-0.05, 0) is 46.7 Å². The lowest BCUT2D eigenvalue weighted by molar-refractivity contribution is 0.444. The summed E-state index contributed by atoms with van der Waals surface area (Å²) < 4.78 is 119. The molecule has 2 rings (SSSR count). The molecule has 0 radical (unpaired) electrons. The van der Waals surface area contributed by atoms with E-state index < -0.39 is 67.0 Å². The van der Waals surface area contributed by atoms with Crippen molar-refractivity contribution in [1.29, 1.82) is 0 Å². The largest absolute Gasteiger partial charge is 0.356 e. The van der Waals surface area contributed by atoms with Crippen LogP contribution in [0, 0.1) is 5.89 Å². The van der Waals surface area contributed by atoms with E-state index in [1.165, 1.54) is 0 Å². The Morgan fingerprint density at radius 2 is 2.79 bits per heavy atom. The molecule has 3 heteroatoms. The third-order valence-corrected chi connectivity index (χ3v) is 1.71. The van der Waals surface area contributed by atoms with Gasteiger partial charge in [0.15, 0.2) is 0 Å². The Balaban J connectivity index is 3.04. The normalized spacial score (nSPS) is 58.6. The molecule has 0 amide bonds. The average molecular weight is 270 g/mol. The van der Waals surface area contributed by atoms with Gasteiger partial charge in [-0.1, -0.05) is 12.9 Å². The smallest absolute Gasteiger partial charge is 0.129 e. The van der Waals surface area contributed by atoms with E-state index in [4.69, 9.17) is 20.6 Å². The van der Waals surface area contributed by atoms with Crippen LogP contribution >= 0.6 is 15.9 Å². The first-order valence-corrected chi connectivity index (χ1v) is 4.35. The molecule has 76 valence electrons. The molecule has 1 aliphatic heterocycles. The molecule has 14 heavy (non-hydrogen) atoms. The summed E-state index contributed by atoms with van der Waals surface area (Å²) in [6, 6.07) is -2.47. The summed E-state index contributed by atoms with van der Waals surface area (Å²) in [6.07, 6.45) is -7.64. The Morgan fingerprint density at radius 1 is 1.86 bits per heavy atom. The number of halogens is 1. The number of nitrogens with zero attached hydrogens (tertiary/aromatic N) is 2. The highest BCUT2D eigenvalue weighted by Crippen LogP contribution is 2.22. The van der Waals surface area contributed by atoms with E-state index in [-0.39, 0.29) is 4.90 Å². The van der Waals surface area contributed by atoms with Crippen molar-refractivity contribution in [2.45, 2.75) is 19.6 Å². The predicted octanol–water partition coefficient (Wildman–Crippen LogP) is 3.08. The van der Waals surface area contributed by atoms with Crippen molar-refractivity contribution in [3.63, 3.8) is 0 Å². The number of hydrogen-bond acceptors (Lipinski definition) is 2. The van der Waals surface area contributed by atoms with Gasteiger partial charge < -0.3 is 4.90 Å². The zero-order chi connectivity index (χ0) is 23.2. The molecule has 1 aromatic rings. The van der Waals surface area contributed by atoms with Crippen LogP contribution in [-0.2, 0) is 0 Å². The molecule has 1 saturated heterocycles. The van der Waals surface area contributed by atoms with Crippen molar-refractivity contribution in [1.82, 2.24) is 4.98 Å². The summed E-state index contributed by atoms with van der Waals surface area (Å²) in [4.78, 5) is 3.40. The minimum atomic E-state index is -3.87. The Kier molecular flexibility index (Phi) is 0.736. The second kappa shape index (κ2) is 4.30. The molecular weight excluding hydrogens is 240 g/mol. The molecule has 0 N–H and O–H groups in total. The fourth-order valence-electron chi connectivity index (χ4n) is 0.813. The fraction of sp³-hybridized carbons (Fsp3) is 0.545. The summed E-state index contributed by atoms with van der Waals surface area (Å²) in [5.41, 5.74) is 0. The SMILES string of the molecule is [2H]c1c(Br)nc(N2C([2H])([2H])C([2H])([2H])C([2H])([2H])C([2H])(C([2H])([2H])[2H])C2([2H])[2H])c([2H])c1[2H]. The number of piperidine rings is 1. The summed E-state index contributed by atoms with van der Waals surface area (Å²) >= 11 is 2.79. The van der Waals surface area contributed by atoms with Gasteiger partial charge in [-0.15, -0.1) is 0 Å². The van der Waals surface area contributed by atoms with Crippen LogP contribution in [0.3, 0.4) is 0 Å². The summed E-state index contributed by atoms with van der Waals surface area (Å²) in [5, 5.41) is 0. The van der Waals surface area contributed by atoms with E-state index in [9.17, 15) is 0 Å². The molecule has 0 spiro atoms. The van der Waals surface area contributed by atoms with Gasteiger partial charge in [0.1, 0.15) is 10.4 Å². The lowest BCUT2D eigenvalue weighted by atomic mass is 10.0. The monoisotopic (exact) mass is 269 g/mol. The molecule has 1 atom stereocenters. The molecule has 0 bridgehead atoms. The maximum absolute atomic E-state index is 8.26. The standard InChI is InChI=1S/C11H15BrN2/c1-9-4-3-7-14(8-9)11-6-2-5-10(12)13-11/h2,5-6,9H,3-4,7-8H2,1H3/i1D3,2D,3D2,4D2,5D,6D,7D2,8D2,9D. The van der Waals surface area contributed by atoms with Gasteiger partial charge in [-0.2, -0.15) is 0 Å². The van der Waals surface area contributed by atoms with Gasteiger partial charge in [0.05, 0.1) is 4.11 Å². The van der Waals surface area contributed by atoms with Crippen LogP contribution in [-0.4, -0.2) is 18.0 Å². The molecular formula is C11H15BrN2. The maximum atomic E-state index is 8.26.